The molecule has 0 amide bonds. The Labute approximate surface area is 212 Å². The SMILES string of the molecule is C=CCc1cc(C=Nn2c(C(C)C)nc3ccc(Br)cc3c2=O)cc(OCC)c1OCC(=O)OC. The number of hydrogen-bond acceptors (Lipinski definition) is 7. The highest BCUT2D eigenvalue weighted by Crippen LogP contribution is 2.33. The molecule has 0 radical (unpaired) electrons. The van der Waals surface area contributed by atoms with Gasteiger partial charge in [0.15, 0.2) is 18.1 Å². The number of methoxy groups -OCH3 is 1. The number of halogens is 1. The number of allylic oxidation sites excluding steroid dienone is 1. The van der Waals surface area contributed by atoms with Crippen molar-refractivity contribution in [1.82, 2.24) is 9.66 Å². The number of aromatic nitrogens is 2. The first-order chi connectivity index (χ1) is 16.8. The quantitative estimate of drug-likeness (QED) is 0.207. The van der Waals surface area contributed by atoms with Crippen molar-refractivity contribution in [2.24, 2.45) is 5.10 Å². The highest BCUT2D eigenvalue weighted by molar-refractivity contribution is 9.10. The Morgan fingerprint density at radius 1 is 1.26 bits per heavy atom. The maximum Gasteiger partial charge on any atom is 0.343 e. The summed E-state index contributed by atoms with van der Waals surface area (Å²) in [4.78, 5) is 29.6. The average molecular weight is 542 g/mol. The van der Waals surface area contributed by atoms with Gasteiger partial charge in [-0.25, -0.2) is 9.78 Å². The van der Waals surface area contributed by atoms with Gasteiger partial charge in [-0.05, 0) is 49.2 Å². The number of fused-ring (bicyclic) bond motifs is 1. The molecule has 0 saturated heterocycles. The molecule has 35 heavy (non-hydrogen) atoms. The van der Waals surface area contributed by atoms with Crippen molar-refractivity contribution in [1.29, 1.82) is 0 Å². The van der Waals surface area contributed by atoms with Crippen LogP contribution in [0.1, 0.15) is 43.6 Å². The monoisotopic (exact) mass is 541 g/mol. The van der Waals surface area contributed by atoms with Gasteiger partial charge in [0.1, 0.15) is 5.82 Å². The molecule has 0 bridgehead atoms. The second-order valence-corrected chi connectivity index (χ2v) is 8.86. The van der Waals surface area contributed by atoms with Crippen LogP contribution in [0.4, 0.5) is 0 Å². The predicted molar refractivity (Wildman–Crippen MR) is 140 cm³/mol. The standard InChI is InChI=1S/C26H28BrN3O5/c1-6-8-18-11-17(12-22(34-7-2)24(18)35-15-23(31)33-5)14-28-30-25(16(3)4)29-21-10-9-19(27)13-20(21)26(30)32/h6,9-14,16H,1,7-8,15H2,2-5H3. The number of nitrogens with zero attached hydrogens (tertiary/aromatic N) is 3. The molecule has 3 rings (SSSR count). The topological polar surface area (TPSA) is 92.0 Å². The van der Waals surface area contributed by atoms with Gasteiger partial charge in [0.05, 0.1) is 30.8 Å². The highest BCUT2D eigenvalue weighted by atomic mass is 79.9. The Balaban J connectivity index is 2.11. The minimum Gasteiger partial charge on any atom is -0.490 e. The first kappa shape index (κ1) is 26.2. The number of hydrogen-bond donors (Lipinski definition) is 0. The van der Waals surface area contributed by atoms with E-state index in [1.165, 1.54) is 11.8 Å². The van der Waals surface area contributed by atoms with E-state index in [0.717, 1.165) is 10.0 Å². The van der Waals surface area contributed by atoms with Crippen LogP contribution in [0, 0.1) is 0 Å². The Hall–Kier alpha value is -3.46. The van der Waals surface area contributed by atoms with Gasteiger partial charge in [-0.2, -0.15) is 9.78 Å². The summed E-state index contributed by atoms with van der Waals surface area (Å²) in [7, 11) is 1.30. The molecule has 2 aromatic carbocycles. The Morgan fingerprint density at radius 3 is 2.69 bits per heavy atom. The number of carbonyl (C=O) groups excluding carboxylic acids is 1. The summed E-state index contributed by atoms with van der Waals surface area (Å²) in [6, 6.07) is 9.00. The molecule has 9 heteroatoms. The molecular weight excluding hydrogens is 514 g/mol. The van der Waals surface area contributed by atoms with Gasteiger partial charge in [0.2, 0.25) is 0 Å². The highest BCUT2D eigenvalue weighted by Gasteiger charge is 2.16. The molecule has 0 aliphatic rings. The van der Waals surface area contributed by atoms with Gasteiger partial charge in [0.25, 0.3) is 5.56 Å². The van der Waals surface area contributed by atoms with Gasteiger partial charge in [-0.1, -0.05) is 35.9 Å². The van der Waals surface area contributed by atoms with Crippen LogP contribution in [-0.2, 0) is 16.0 Å². The average Bonchev–Trinajstić information content (AvgIpc) is 2.83. The van der Waals surface area contributed by atoms with Crippen molar-refractivity contribution >= 4 is 39.0 Å². The Kier molecular flexibility index (Phi) is 8.81. The number of rotatable bonds is 10. The number of ether oxygens (including phenoxy) is 3. The summed E-state index contributed by atoms with van der Waals surface area (Å²) in [5.74, 6) is 0.909. The zero-order valence-electron chi connectivity index (χ0n) is 20.2. The van der Waals surface area contributed by atoms with E-state index in [1.54, 1.807) is 24.4 Å². The number of carbonyl (C=O) groups is 1. The lowest BCUT2D eigenvalue weighted by Gasteiger charge is -2.16. The molecule has 0 fully saturated rings. The molecule has 1 heterocycles. The fourth-order valence-corrected chi connectivity index (χ4v) is 3.82. The van der Waals surface area contributed by atoms with Crippen LogP contribution in [-0.4, -0.2) is 42.2 Å². The van der Waals surface area contributed by atoms with Crippen LogP contribution in [0.15, 0.2) is 57.4 Å². The molecule has 0 N–H and O–H groups in total. The maximum atomic E-state index is 13.3. The normalized spacial score (nSPS) is 11.3. The molecular formula is C26H28BrN3O5. The van der Waals surface area contributed by atoms with E-state index in [0.29, 0.717) is 46.8 Å². The zero-order chi connectivity index (χ0) is 25.5. The molecule has 0 aliphatic carbocycles. The van der Waals surface area contributed by atoms with E-state index in [4.69, 9.17) is 9.47 Å². The van der Waals surface area contributed by atoms with E-state index in [9.17, 15) is 9.59 Å². The van der Waals surface area contributed by atoms with E-state index >= 15 is 0 Å². The summed E-state index contributed by atoms with van der Waals surface area (Å²) in [5, 5.41) is 4.97. The van der Waals surface area contributed by atoms with Gasteiger partial charge in [-0.3, -0.25) is 4.79 Å². The minimum atomic E-state index is -0.501. The third-order valence-corrected chi connectivity index (χ3v) is 5.55. The van der Waals surface area contributed by atoms with Crippen LogP contribution in [0.5, 0.6) is 11.5 Å². The van der Waals surface area contributed by atoms with Crippen molar-refractivity contribution in [3.8, 4) is 11.5 Å². The molecule has 184 valence electrons. The fraction of sp³-hybridized carbons (Fsp3) is 0.308. The van der Waals surface area contributed by atoms with Crippen LogP contribution in [0.2, 0.25) is 0 Å². The van der Waals surface area contributed by atoms with Crippen LogP contribution in [0.25, 0.3) is 10.9 Å². The fourth-order valence-electron chi connectivity index (χ4n) is 3.46. The van der Waals surface area contributed by atoms with E-state index < -0.39 is 5.97 Å². The van der Waals surface area contributed by atoms with E-state index in [1.807, 2.05) is 39.0 Å². The summed E-state index contributed by atoms with van der Waals surface area (Å²) in [5.41, 5.74) is 1.80. The molecule has 0 atom stereocenters. The second-order valence-electron chi connectivity index (χ2n) is 7.95. The van der Waals surface area contributed by atoms with Crippen LogP contribution < -0.4 is 15.0 Å². The third-order valence-electron chi connectivity index (χ3n) is 5.05. The summed E-state index contributed by atoms with van der Waals surface area (Å²) in [6.45, 7) is 9.72. The molecule has 0 aliphatic heterocycles. The summed E-state index contributed by atoms with van der Waals surface area (Å²) < 4.78 is 18.3. The van der Waals surface area contributed by atoms with E-state index in [-0.39, 0.29) is 18.1 Å². The molecule has 0 saturated carbocycles. The van der Waals surface area contributed by atoms with Gasteiger partial charge in [-0.15, -0.1) is 6.58 Å². The molecule has 0 spiro atoms. The smallest absolute Gasteiger partial charge is 0.343 e. The first-order valence-electron chi connectivity index (χ1n) is 11.2. The summed E-state index contributed by atoms with van der Waals surface area (Å²) in [6.07, 6.45) is 3.78. The zero-order valence-corrected chi connectivity index (χ0v) is 21.8. The largest absolute Gasteiger partial charge is 0.490 e. The molecule has 0 unspecified atom stereocenters. The second kappa shape index (κ2) is 11.8. The van der Waals surface area contributed by atoms with Crippen molar-refractivity contribution in [2.45, 2.75) is 33.1 Å². The van der Waals surface area contributed by atoms with Crippen molar-refractivity contribution < 1.29 is 19.0 Å². The summed E-state index contributed by atoms with van der Waals surface area (Å²) >= 11 is 3.42. The van der Waals surface area contributed by atoms with Crippen molar-refractivity contribution in [2.75, 3.05) is 20.3 Å². The lowest BCUT2D eigenvalue weighted by Crippen LogP contribution is -2.23. The molecule has 3 aromatic rings. The number of esters is 1. The first-order valence-corrected chi connectivity index (χ1v) is 11.9. The lowest BCUT2D eigenvalue weighted by atomic mass is 10.1. The molecule has 1 aromatic heterocycles. The number of benzene rings is 2. The van der Waals surface area contributed by atoms with Crippen molar-refractivity contribution in [3.05, 3.63) is 74.8 Å². The Bertz CT molecular complexity index is 1330. The van der Waals surface area contributed by atoms with E-state index in [2.05, 4.69) is 37.3 Å². The van der Waals surface area contributed by atoms with Gasteiger partial charge in [0, 0.05) is 16.0 Å². The predicted octanol–water partition coefficient (Wildman–Crippen LogP) is 4.84. The van der Waals surface area contributed by atoms with Crippen molar-refractivity contribution in [3.63, 3.8) is 0 Å². The maximum absolute atomic E-state index is 13.3. The Morgan fingerprint density at radius 2 is 2.03 bits per heavy atom. The minimum absolute atomic E-state index is 0.0303. The van der Waals surface area contributed by atoms with Gasteiger partial charge < -0.3 is 14.2 Å². The van der Waals surface area contributed by atoms with Crippen LogP contribution >= 0.6 is 15.9 Å². The molecule has 8 nitrogen and oxygen atoms in total. The lowest BCUT2D eigenvalue weighted by molar-refractivity contribution is -0.142. The third kappa shape index (κ3) is 6.16. The van der Waals surface area contributed by atoms with Gasteiger partial charge >= 0.3 is 5.97 Å². The van der Waals surface area contributed by atoms with Crippen LogP contribution in [0.3, 0.4) is 0 Å².